The van der Waals surface area contributed by atoms with E-state index in [1.165, 1.54) is 6.41 Å². The third-order valence-electron chi connectivity index (χ3n) is 1.69. The number of ether oxygens (including phenoxy) is 1. The van der Waals surface area contributed by atoms with Gasteiger partial charge >= 0.3 is 24.0 Å². The normalized spacial score (nSPS) is 10.3. The quantitative estimate of drug-likeness (QED) is 0.263. The zero-order valence-electron chi connectivity index (χ0n) is 13.3. The van der Waals surface area contributed by atoms with Crippen molar-refractivity contribution in [2.75, 3.05) is 20.1 Å². The van der Waals surface area contributed by atoms with Crippen molar-refractivity contribution < 1.29 is 42.2 Å². The van der Waals surface area contributed by atoms with Crippen LogP contribution in [0.25, 0.3) is 0 Å². The summed E-state index contributed by atoms with van der Waals surface area (Å²) in [5, 5.41) is 9.65. The zero-order valence-corrected chi connectivity index (χ0v) is 15.7. The van der Waals surface area contributed by atoms with Gasteiger partial charge in [-0.05, 0) is 20.8 Å². The molecule has 0 saturated carbocycles. The van der Waals surface area contributed by atoms with Crippen molar-refractivity contribution in [1.82, 2.24) is 10.2 Å². The van der Waals surface area contributed by atoms with Crippen LogP contribution in [0.4, 0.5) is 13.2 Å². The molecule has 0 fully saturated rings. The van der Waals surface area contributed by atoms with Crippen LogP contribution in [-0.2, 0) is 23.9 Å². The Balaban J connectivity index is -0.000000468. The first-order valence-electron chi connectivity index (χ1n) is 6.06. The Morgan fingerprint density at radius 3 is 1.92 bits per heavy atom. The summed E-state index contributed by atoms with van der Waals surface area (Å²) in [5.41, 5.74) is -0.792. The first-order chi connectivity index (χ1) is 10.2. The number of carboxylic acid groups (broad SMARTS) is 1. The number of amides is 2. The number of rotatable bonds is 5. The molecule has 0 saturated heterocycles. The zero-order chi connectivity index (χ0) is 18.8. The van der Waals surface area contributed by atoms with Crippen LogP contribution in [0.15, 0.2) is 0 Å². The first kappa shape index (κ1) is 25.6. The molecule has 0 aliphatic rings. The number of hydrogen-bond donors (Lipinski definition) is 2. The molecule has 0 aliphatic carbocycles. The molecule has 24 heavy (non-hydrogen) atoms. The van der Waals surface area contributed by atoms with Gasteiger partial charge in [0, 0.05) is 7.05 Å². The second-order valence-corrected chi connectivity index (χ2v) is 5.09. The van der Waals surface area contributed by atoms with E-state index in [1.807, 2.05) is 5.32 Å². The average molecular weight is 600 g/mol. The average Bonchev–Trinajstić information content (AvgIpc) is 2.32. The van der Waals surface area contributed by atoms with Crippen LogP contribution in [0.5, 0.6) is 0 Å². The first-order valence-corrected chi connectivity index (χ1v) is 6.06. The van der Waals surface area contributed by atoms with Gasteiger partial charge in [0.05, 0.1) is 6.54 Å². The van der Waals surface area contributed by atoms with E-state index in [9.17, 15) is 32.3 Å². The molecule has 0 rings (SSSR count). The largest absolute Gasteiger partial charge is 0.521 e. The molecule has 2 N–H and O–H groups in total. The van der Waals surface area contributed by atoms with E-state index in [1.54, 1.807) is 20.8 Å². The maximum Gasteiger partial charge on any atom is 0.471 e. The summed E-state index contributed by atoms with van der Waals surface area (Å²) in [6.45, 7) is 3.66. The molecule has 12 heteroatoms. The molecule has 0 spiro atoms. The Morgan fingerprint density at radius 1 is 1.21 bits per heavy atom. The molecule has 0 aromatic rings. The van der Waals surface area contributed by atoms with Crippen LogP contribution < -0.4 is 5.32 Å². The van der Waals surface area contributed by atoms with E-state index < -0.39 is 36.2 Å². The van der Waals surface area contributed by atoms with Crippen LogP contribution in [-0.4, -0.2) is 66.2 Å². The SMILES string of the molecule is CN(CC(=O)OC(C)(C)C)C(=O)C(F)(F)F.O=[C-]NCC(=O)O.[Fm]. The van der Waals surface area contributed by atoms with Crippen molar-refractivity contribution in [1.29, 1.82) is 0 Å². The number of likely N-dealkylation sites (N-methyl/N-ethyl adjacent to an activating group) is 1. The van der Waals surface area contributed by atoms with E-state index in [-0.39, 0.29) is 11.4 Å². The predicted molar refractivity (Wildman–Crippen MR) is 70.9 cm³/mol. The molecule has 0 radical (unpaired) electrons. The van der Waals surface area contributed by atoms with Crippen molar-refractivity contribution in [2.45, 2.75) is 32.5 Å². The Morgan fingerprint density at radius 2 is 1.67 bits per heavy atom. The molecule has 0 unspecified atom stereocenters. The van der Waals surface area contributed by atoms with E-state index >= 15 is 0 Å². The van der Waals surface area contributed by atoms with Gasteiger partial charge in [0.2, 0.25) is 0 Å². The van der Waals surface area contributed by atoms with Gasteiger partial charge < -0.3 is 24.9 Å². The molecule has 2 amide bonds. The molecule has 0 atom stereocenters. The molecule has 146 valence electrons. The molecule has 0 heterocycles. The number of nitrogens with one attached hydrogen (secondary N) is 1. The number of carboxylic acids is 1. The summed E-state index contributed by atoms with van der Waals surface area (Å²) in [6, 6.07) is 0. The van der Waals surface area contributed by atoms with Gasteiger partial charge in [-0.2, -0.15) is 19.6 Å². The molecule has 0 aliphatic heterocycles. The van der Waals surface area contributed by atoms with E-state index in [2.05, 4.69) is 0 Å². The van der Waals surface area contributed by atoms with Gasteiger partial charge in [-0.1, -0.05) is 0 Å². The van der Waals surface area contributed by atoms with Gasteiger partial charge in [0.15, 0.2) is 0 Å². The minimum absolute atomic E-state index is 0. The van der Waals surface area contributed by atoms with Gasteiger partial charge in [0.1, 0.15) is 12.1 Å². The number of carbonyl (C=O) groups is 3. The van der Waals surface area contributed by atoms with Crippen LogP contribution in [0.2, 0.25) is 0 Å². The van der Waals surface area contributed by atoms with Gasteiger partial charge in [0.25, 0.3) is 0 Å². The summed E-state index contributed by atoms with van der Waals surface area (Å²) in [4.78, 5) is 40.8. The fraction of sp³-hybridized carbons (Fsp3) is 0.667. The Kier molecular flexibility index (Phi) is 11.1. The topological polar surface area (TPSA) is 113 Å². The maximum absolute atomic E-state index is 11.9. The number of halogens is 3. The summed E-state index contributed by atoms with van der Waals surface area (Å²) < 4.78 is 40.6. The predicted octanol–water partition coefficient (Wildman–Crippen LogP) is 0.0766. The summed E-state index contributed by atoms with van der Waals surface area (Å²) in [7, 11) is 0.889. The molecule has 8 nitrogen and oxygen atoms in total. The van der Waals surface area contributed by atoms with Crippen LogP contribution in [0.3, 0.4) is 0 Å². The van der Waals surface area contributed by atoms with Crippen LogP contribution in [0, 0.1) is 0 Å². The summed E-state index contributed by atoms with van der Waals surface area (Å²) in [5.74, 6) is -4.02. The van der Waals surface area contributed by atoms with E-state index in [0.29, 0.717) is 0 Å². The Bertz CT molecular complexity index is 437. The minimum Gasteiger partial charge on any atom is -0.521 e. The Hall–Kier alpha value is -3.33. The molecule has 0 aromatic heterocycles. The summed E-state index contributed by atoms with van der Waals surface area (Å²) in [6.07, 6.45) is -3.76. The number of esters is 1. The monoisotopic (exact) mass is 600 g/mol. The molecular weight excluding hydrogens is 582 g/mol. The van der Waals surface area contributed by atoms with Crippen molar-refractivity contribution in [2.24, 2.45) is 0 Å². The van der Waals surface area contributed by atoms with Gasteiger partial charge in [-0.25, -0.2) is 0 Å². The van der Waals surface area contributed by atoms with Crippen molar-refractivity contribution in [3.63, 3.8) is 0 Å². The number of aliphatic carboxylic acids is 1. The smallest absolute Gasteiger partial charge is 0.471 e. The number of carbonyl (C=O) groups excluding carboxylic acids is 3. The Labute approximate surface area is 130 Å². The third kappa shape index (κ3) is 15.1. The standard InChI is InChI=1S/C9H14F3NO3.C3H4NO3.Fm/c1-8(2,3)16-6(14)5-13(4)7(15)9(10,11)12;5-2-4-1-3(6)7;/h5H2,1-4H3;1H2,(H,4,5)(H,6,7);/q;-1;. The van der Waals surface area contributed by atoms with Gasteiger partial charge in [-0.15, -0.1) is 0 Å². The second kappa shape index (κ2) is 10.4. The van der Waals surface area contributed by atoms with Crippen LogP contribution >= 0.6 is 0 Å². The third-order valence-corrected chi connectivity index (χ3v) is 1.69. The van der Waals surface area contributed by atoms with Crippen molar-refractivity contribution in [3.05, 3.63) is 0 Å². The second-order valence-electron chi connectivity index (χ2n) is 5.09. The van der Waals surface area contributed by atoms with Crippen molar-refractivity contribution >= 4 is 24.3 Å². The maximum atomic E-state index is 11.9. The van der Waals surface area contributed by atoms with Crippen LogP contribution in [0.1, 0.15) is 20.8 Å². The van der Waals surface area contributed by atoms with E-state index in [4.69, 9.17) is 9.84 Å². The number of alkyl halides is 3. The molecule has 0 bridgehead atoms. The summed E-state index contributed by atoms with van der Waals surface area (Å²) >= 11 is 0. The van der Waals surface area contributed by atoms with Crippen molar-refractivity contribution in [3.8, 4) is 0 Å². The number of nitrogens with zero attached hydrogens (tertiary/aromatic N) is 1. The van der Waals surface area contributed by atoms with Gasteiger partial charge in [-0.3, -0.25) is 14.4 Å². The fourth-order valence-corrected chi connectivity index (χ4v) is 0.967. The fourth-order valence-electron chi connectivity index (χ4n) is 0.967. The van der Waals surface area contributed by atoms with E-state index in [0.717, 1.165) is 7.05 Å². The molecule has 0 aromatic carbocycles. The number of hydrogen-bond acceptors (Lipinski definition) is 5. The minimum atomic E-state index is -4.98. The molecular formula is C12H18F3FmN2O6-.